The van der Waals surface area contributed by atoms with Crippen molar-refractivity contribution in [2.24, 2.45) is 5.92 Å². The largest absolute Gasteiger partial charge is 0.497 e. The molecule has 2 aliphatic rings. The Bertz CT molecular complexity index is 570. The quantitative estimate of drug-likeness (QED) is 0.839. The maximum atomic E-state index is 12.0. The zero-order chi connectivity index (χ0) is 14.3. The average molecular weight is 276 g/mol. The van der Waals surface area contributed by atoms with Crippen molar-refractivity contribution in [1.29, 1.82) is 0 Å². The van der Waals surface area contributed by atoms with Crippen molar-refractivity contribution in [2.45, 2.75) is 31.3 Å². The van der Waals surface area contributed by atoms with E-state index in [1.54, 1.807) is 19.2 Å². The molecule has 1 aromatic carbocycles. The molecule has 5 nitrogen and oxygen atoms in total. The van der Waals surface area contributed by atoms with E-state index < -0.39 is 11.6 Å². The Morgan fingerprint density at radius 1 is 1.40 bits per heavy atom. The van der Waals surface area contributed by atoms with Crippen LogP contribution in [0.1, 0.15) is 41.6 Å². The van der Waals surface area contributed by atoms with Gasteiger partial charge >= 0.3 is 11.9 Å². The molecule has 1 fully saturated rings. The first-order valence-corrected chi connectivity index (χ1v) is 6.70. The van der Waals surface area contributed by atoms with Gasteiger partial charge in [-0.15, -0.1) is 0 Å². The molecule has 1 aromatic rings. The summed E-state index contributed by atoms with van der Waals surface area (Å²) in [7, 11) is 1.58. The van der Waals surface area contributed by atoms with Crippen molar-refractivity contribution < 1.29 is 24.2 Å². The topological polar surface area (TPSA) is 72.8 Å². The van der Waals surface area contributed by atoms with Crippen molar-refractivity contribution in [1.82, 2.24) is 0 Å². The van der Waals surface area contributed by atoms with Crippen LogP contribution in [-0.4, -0.2) is 24.2 Å². The lowest BCUT2D eigenvalue weighted by Gasteiger charge is -2.35. The van der Waals surface area contributed by atoms with Crippen LogP contribution >= 0.6 is 0 Å². The van der Waals surface area contributed by atoms with Gasteiger partial charge in [0, 0.05) is 5.56 Å². The van der Waals surface area contributed by atoms with E-state index >= 15 is 0 Å². The first-order chi connectivity index (χ1) is 9.55. The van der Waals surface area contributed by atoms with Crippen molar-refractivity contribution in [3.8, 4) is 5.75 Å². The number of hydrogen-bond acceptors (Lipinski definition) is 4. The van der Waals surface area contributed by atoms with E-state index in [0.717, 1.165) is 5.56 Å². The van der Waals surface area contributed by atoms with Crippen molar-refractivity contribution in [2.75, 3.05) is 7.11 Å². The van der Waals surface area contributed by atoms with Crippen LogP contribution in [0.15, 0.2) is 18.2 Å². The highest BCUT2D eigenvalue weighted by Gasteiger charge is 2.48. The third-order valence-electron chi connectivity index (χ3n) is 4.37. The van der Waals surface area contributed by atoms with Crippen LogP contribution in [0.4, 0.5) is 0 Å². The minimum absolute atomic E-state index is 0.323. The van der Waals surface area contributed by atoms with Crippen molar-refractivity contribution in [3.63, 3.8) is 0 Å². The molecular weight excluding hydrogens is 260 g/mol. The summed E-state index contributed by atoms with van der Waals surface area (Å²) in [4.78, 5) is 23.0. The van der Waals surface area contributed by atoms with E-state index in [2.05, 4.69) is 0 Å². The van der Waals surface area contributed by atoms with Crippen LogP contribution in [-0.2, 0) is 15.1 Å². The lowest BCUT2D eigenvalue weighted by atomic mass is 9.75. The second-order valence-electron chi connectivity index (χ2n) is 5.41. The monoisotopic (exact) mass is 276 g/mol. The van der Waals surface area contributed by atoms with Gasteiger partial charge in [-0.2, -0.15) is 0 Å². The van der Waals surface area contributed by atoms with Crippen LogP contribution < -0.4 is 4.74 Å². The van der Waals surface area contributed by atoms with E-state index in [-0.39, 0.29) is 11.9 Å². The Kier molecular flexibility index (Phi) is 2.92. The molecule has 0 unspecified atom stereocenters. The number of ether oxygens (including phenoxy) is 2. The van der Waals surface area contributed by atoms with Gasteiger partial charge in [-0.3, -0.25) is 4.79 Å². The summed E-state index contributed by atoms with van der Waals surface area (Å²) in [6, 6.07) is 5.29. The van der Waals surface area contributed by atoms with Gasteiger partial charge in [-0.1, -0.05) is 0 Å². The fourth-order valence-electron chi connectivity index (χ4n) is 3.20. The van der Waals surface area contributed by atoms with Gasteiger partial charge in [-0.05, 0) is 43.9 Å². The number of carboxylic acid groups (broad SMARTS) is 1. The molecule has 5 heteroatoms. The zero-order valence-electron chi connectivity index (χ0n) is 11.2. The fraction of sp³-hybridized carbons (Fsp3) is 0.467. The van der Waals surface area contributed by atoms with Gasteiger partial charge in [0.2, 0.25) is 0 Å². The predicted molar refractivity (Wildman–Crippen MR) is 69.7 cm³/mol. The van der Waals surface area contributed by atoms with E-state index in [9.17, 15) is 9.59 Å². The minimum atomic E-state index is -0.768. The van der Waals surface area contributed by atoms with E-state index in [1.165, 1.54) is 0 Å². The summed E-state index contributed by atoms with van der Waals surface area (Å²) in [5, 5.41) is 9.07. The molecule has 0 saturated heterocycles. The number of esters is 1. The van der Waals surface area contributed by atoms with Gasteiger partial charge in [-0.25, -0.2) is 4.79 Å². The molecule has 0 aromatic heterocycles. The SMILES string of the molecule is COc1ccc2c(c1)[C@]1(CC[C@@H](C(=O)O)CC1)OC2=O. The number of carboxylic acids is 1. The summed E-state index contributed by atoms with van der Waals surface area (Å²) in [6.07, 6.45) is 2.16. The molecule has 1 N–H and O–H groups in total. The second-order valence-corrected chi connectivity index (χ2v) is 5.41. The summed E-state index contributed by atoms with van der Waals surface area (Å²) in [5.41, 5.74) is 0.748. The molecule has 106 valence electrons. The lowest BCUT2D eigenvalue weighted by molar-refractivity contribution is -0.144. The number of benzene rings is 1. The third kappa shape index (κ3) is 1.85. The highest BCUT2D eigenvalue weighted by atomic mass is 16.6. The van der Waals surface area contributed by atoms with E-state index in [4.69, 9.17) is 14.6 Å². The number of carbonyl (C=O) groups is 2. The zero-order valence-corrected chi connectivity index (χ0v) is 11.2. The van der Waals surface area contributed by atoms with Gasteiger partial charge in [0.1, 0.15) is 11.4 Å². The molecule has 1 spiro atoms. The lowest BCUT2D eigenvalue weighted by Crippen LogP contribution is -2.34. The number of fused-ring (bicyclic) bond motifs is 2. The molecule has 1 heterocycles. The molecule has 1 saturated carbocycles. The smallest absolute Gasteiger partial charge is 0.339 e. The summed E-state index contributed by atoms with van der Waals surface area (Å²) in [5.74, 6) is -0.748. The van der Waals surface area contributed by atoms with Gasteiger partial charge in [0.05, 0.1) is 18.6 Å². The molecule has 0 atom stereocenters. The van der Waals surface area contributed by atoms with Gasteiger partial charge in [0.15, 0.2) is 0 Å². The normalized spacial score (nSPS) is 28.1. The highest BCUT2D eigenvalue weighted by molar-refractivity contribution is 5.95. The van der Waals surface area contributed by atoms with Crippen molar-refractivity contribution >= 4 is 11.9 Å². The number of hydrogen-bond donors (Lipinski definition) is 1. The highest BCUT2D eigenvalue weighted by Crippen LogP contribution is 2.48. The van der Waals surface area contributed by atoms with Gasteiger partial charge < -0.3 is 14.6 Å². The maximum absolute atomic E-state index is 12.0. The molecule has 0 bridgehead atoms. The molecule has 3 rings (SSSR count). The van der Waals surface area contributed by atoms with E-state index in [0.29, 0.717) is 37.0 Å². The van der Waals surface area contributed by atoms with Crippen LogP contribution in [0.2, 0.25) is 0 Å². The summed E-state index contributed by atoms with van der Waals surface area (Å²) < 4.78 is 10.8. The second kappa shape index (κ2) is 4.51. The Hall–Kier alpha value is -2.04. The first kappa shape index (κ1) is 13.0. The molecule has 1 aliphatic carbocycles. The Balaban J connectivity index is 1.94. The third-order valence-corrected chi connectivity index (χ3v) is 4.37. The number of aliphatic carboxylic acids is 1. The van der Waals surface area contributed by atoms with Crippen molar-refractivity contribution in [3.05, 3.63) is 29.3 Å². The molecular formula is C15H16O5. The molecule has 1 aliphatic heterocycles. The average Bonchev–Trinajstić information content (AvgIpc) is 2.72. The minimum Gasteiger partial charge on any atom is -0.497 e. The maximum Gasteiger partial charge on any atom is 0.339 e. The fourth-order valence-corrected chi connectivity index (χ4v) is 3.20. The number of rotatable bonds is 2. The first-order valence-electron chi connectivity index (χ1n) is 6.70. The van der Waals surface area contributed by atoms with Crippen LogP contribution in [0, 0.1) is 5.92 Å². The van der Waals surface area contributed by atoms with Crippen LogP contribution in [0.3, 0.4) is 0 Å². The van der Waals surface area contributed by atoms with Crippen LogP contribution in [0.5, 0.6) is 5.75 Å². The Morgan fingerprint density at radius 3 is 2.70 bits per heavy atom. The van der Waals surface area contributed by atoms with E-state index in [1.807, 2.05) is 6.07 Å². The Labute approximate surface area is 116 Å². The summed E-state index contributed by atoms with van der Waals surface area (Å²) in [6.45, 7) is 0. The predicted octanol–water partition coefficient (Wildman–Crippen LogP) is 2.34. The Morgan fingerprint density at radius 2 is 2.10 bits per heavy atom. The number of carbonyl (C=O) groups excluding carboxylic acids is 1. The molecule has 0 radical (unpaired) electrons. The standard InChI is InChI=1S/C15H16O5/c1-19-10-2-3-11-12(8-10)15(20-14(11)18)6-4-9(5-7-15)13(16)17/h2-3,8-9H,4-7H2,1H3,(H,16,17)/t9-,15-. The molecule has 20 heavy (non-hydrogen) atoms. The summed E-state index contributed by atoms with van der Waals surface area (Å²) >= 11 is 0. The van der Waals surface area contributed by atoms with Gasteiger partial charge in [0.25, 0.3) is 0 Å². The number of methoxy groups -OCH3 is 1. The molecule has 0 amide bonds. The van der Waals surface area contributed by atoms with Crippen LogP contribution in [0.25, 0.3) is 0 Å².